The second-order valence-electron chi connectivity index (χ2n) is 6.50. The van der Waals surface area contributed by atoms with Gasteiger partial charge < -0.3 is 5.32 Å². The van der Waals surface area contributed by atoms with Crippen LogP contribution in [0.2, 0.25) is 10.0 Å². The Morgan fingerprint density at radius 2 is 1.38 bits per heavy atom. The van der Waals surface area contributed by atoms with Crippen LogP contribution < -0.4 is 10.0 Å². The first kappa shape index (κ1) is 21.2. The van der Waals surface area contributed by atoms with Crippen LogP contribution >= 0.6 is 23.2 Å². The lowest BCUT2D eigenvalue weighted by Crippen LogP contribution is -2.16. The second kappa shape index (κ2) is 8.45. The number of halogens is 2. The van der Waals surface area contributed by atoms with Gasteiger partial charge in [0, 0.05) is 21.3 Å². The third-order valence-electron chi connectivity index (χ3n) is 4.32. The molecule has 1 amide bonds. The number of carbonyl (C=O) groups excluding carboxylic acids is 1. The number of hydrogen-bond acceptors (Lipinski definition) is 3. The first-order valence-corrected chi connectivity index (χ1v) is 10.9. The van der Waals surface area contributed by atoms with Gasteiger partial charge in [-0.2, -0.15) is 0 Å². The van der Waals surface area contributed by atoms with Gasteiger partial charge in [-0.1, -0.05) is 35.3 Å². The molecule has 0 aliphatic heterocycles. The molecule has 0 heterocycles. The molecule has 0 bridgehead atoms. The number of rotatable bonds is 5. The van der Waals surface area contributed by atoms with Crippen molar-refractivity contribution in [1.82, 2.24) is 0 Å². The Bertz CT molecular complexity index is 1180. The van der Waals surface area contributed by atoms with Gasteiger partial charge in [0.05, 0.1) is 10.6 Å². The van der Waals surface area contributed by atoms with Crippen LogP contribution in [0.1, 0.15) is 21.5 Å². The molecule has 5 nitrogen and oxygen atoms in total. The molecule has 0 saturated heterocycles. The normalized spacial score (nSPS) is 11.2. The summed E-state index contributed by atoms with van der Waals surface area (Å²) in [7, 11) is -3.82. The number of hydrogen-bond donors (Lipinski definition) is 2. The van der Waals surface area contributed by atoms with Gasteiger partial charge in [0.2, 0.25) is 0 Å². The molecule has 0 radical (unpaired) electrons. The van der Waals surface area contributed by atoms with E-state index in [1.165, 1.54) is 30.3 Å². The van der Waals surface area contributed by atoms with Gasteiger partial charge in [0.15, 0.2) is 0 Å². The number of carbonyl (C=O) groups is 1. The van der Waals surface area contributed by atoms with Crippen molar-refractivity contribution in [1.29, 1.82) is 0 Å². The molecule has 150 valence electrons. The molecule has 0 fully saturated rings. The maximum atomic E-state index is 12.7. The van der Waals surface area contributed by atoms with Crippen LogP contribution in [0.25, 0.3) is 0 Å². The predicted octanol–water partition coefficient (Wildman–Crippen LogP) is 5.66. The molecule has 0 aliphatic rings. The monoisotopic (exact) mass is 448 g/mol. The van der Waals surface area contributed by atoms with Gasteiger partial charge in [-0.25, -0.2) is 8.42 Å². The summed E-state index contributed by atoms with van der Waals surface area (Å²) in [6, 6.07) is 15.8. The fraction of sp³-hybridized carbons (Fsp3) is 0.0952. The molecular formula is C21H18Cl2N2O3S. The summed E-state index contributed by atoms with van der Waals surface area (Å²) in [5.41, 5.74) is 2.75. The smallest absolute Gasteiger partial charge is 0.261 e. The molecule has 0 aromatic heterocycles. The standard InChI is InChI=1S/C21H18Cl2N2O3S/c1-13-4-6-17(23)12-19(13)24-21(26)15-5-3-14(2)20(11-15)25-29(27,28)18-9-7-16(22)8-10-18/h3-12,25H,1-2H3,(H,24,26). The van der Waals surface area contributed by atoms with Crippen LogP contribution in [0.5, 0.6) is 0 Å². The highest BCUT2D eigenvalue weighted by molar-refractivity contribution is 7.92. The number of sulfonamides is 1. The van der Waals surface area contributed by atoms with Crippen molar-refractivity contribution >= 4 is 50.5 Å². The molecule has 0 atom stereocenters. The maximum absolute atomic E-state index is 12.7. The maximum Gasteiger partial charge on any atom is 0.261 e. The van der Waals surface area contributed by atoms with E-state index < -0.39 is 10.0 Å². The van der Waals surface area contributed by atoms with Crippen LogP contribution in [-0.2, 0) is 10.0 Å². The van der Waals surface area contributed by atoms with E-state index in [0.717, 1.165) is 5.56 Å². The molecule has 0 aliphatic carbocycles. The third-order valence-corrected chi connectivity index (χ3v) is 6.18. The Morgan fingerprint density at radius 1 is 0.793 bits per heavy atom. The number of aryl methyl sites for hydroxylation is 2. The van der Waals surface area contributed by atoms with Crippen molar-refractivity contribution in [2.45, 2.75) is 18.7 Å². The molecule has 0 saturated carbocycles. The van der Waals surface area contributed by atoms with Gasteiger partial charge in [-0.15, -0.1) is 0 Å². The molecule has 3 aromatic carbocycles. The minimum absolute atomic E-state index is 0.0747. The fourth-order valence-electron chi connectivity index (χ4n) is 2.61. The van der Waals surface area contributed by atoms with Crippen LogP contribution in [0.4, 0.5) is 11.4 Å². The van der Waals surface area contributed by atoms with E-state index in [2.05, 4.69) is 10.0 Å². The highest BCUT2D eigenvalue weighted by Gasteiger charge is 2.17. The Balaban J connectivity index is 1.87. The topological polar surface area (TPSA) is 75.3 Å². The van der Waals surface area contributed by atoms with E-state index in [1.54, 1.807) is 37.3 Å². The van der Waals surface area contributed by atoms with E-state index in [1.807, 2.05) is 6.92 Å². The first-order valence-electron chi connectivity index (χ1n) is 8.62. The molecule has 2 N–H and O–H groups in total. The van der Waals surface area contributed by atoms with Crippen molar-refractivity contribution in [3.05, 3.63) is 87.4 Å². The zero-order valence-corrected chi connectivity index (χ0v) is 18.0. The number of anilines is 2. The second-order valence-corrected chi connectivity index (χ2v) is 9.06. The van der Waals surface area contributed by atoms with Crippen molar-refractivity contribution in [3.63, 3.8) is 0 Å². The highest BCUT2D eigenvalue weighted by atomic mass is 35.5. The summed E-state index contributed by atoms with van der Waals surface area (Å²) in [4.78, 5) is 12.7. The zero-order chi connectivity index (χ0) is 21.2. The van der Waals surface area contributed by atoms with Crippen LogP contribution in [0.3, 0.4) is 0 Å². The van der Waals surface area contributed by atoms with E-state index >= 15 is 0 Å². The van der Waals surface area contributed by atoms with Crippen LogP contribution in [-0.4, -0.2) is 14.3 Å². The van der Waals surface area contributed by atoms with Gasteiger partial charge >= 0.3 is 0 Å². The summed E-state index contributed by atoms with van der Waals surface area (Å²) in [6.45, 7) is 3.61. The van der Waals surface area contributed by atoms with Crippen LogP contribution in [0.15, 0.2) is 65.6 Å². The SMILES string of the molecule is Cc1ccc(Cl)cc1NC(=O)c1ccc(C)c(NS(=O)(=O)c2ccc(Cl)cc2)c1. The zero-order valence-electron chi connectivity index (χ0n) is 15.7. The molecule has 29 heavy (non-hydrogen) atoms. The Morgan fingerprint density at radius 3 is 2.07 bits per heavy atom. The largest absolute Gasteiger partial charge is 0.322 e. The molecule has 0 spiro atoms. The number of nitrogens with one attached hydrogen (secondary N) is 2. The fourth-order valence-corrected chi connectivity index (χ4v) is 4.03. The summed E-state index contributed by atoms with van der Waals surface area (Å²) in [6.07, 6.45) is 0. The van der Waals surface area contributed by atoms with Gasteiger partial charge in [0.25, 0.3) is 15.9 Å². The van der Waals surface area contributed by atoms with Gasteiger partial charge in [-0.05, 0) is 73.5 Å². The van der Waals surface area contributed by atoms with Crippen molar-refractivity contribution in [2.24, 2.45) is 0 Å². The lowest BCUT2D eigenvalue weighted by molar-refractivity contribution is 0.102. The lowest BCUT2D eigenvalue weighted by atomic mass is 10.1. The average molecular weight is 449 g/mol. The van der Waals surface area contributed by atoms with Crippen molar-refractivity contribution in [3.8, 4) is 0 Å². The van der Waals surface area contributed by atoms with Gasteiger partial charge in [0.1, 0.15) is 0 Å². The van der Waals surface area contributed by atoms with E-state index in [-0.39, 0.29) is 10.8 Å². The summed E-state index contributed by atoms with van der Waals surface area (Å²) >= 11 is 11.8. The lowest BCUT2D eigenvalue weighted by Gasteiger charge is -2.13. The summed E-state index contributed by atoms with van der Waals surface area (Å²) in [5.74, 6) is -0.373. The molecule has 0 unspecified atom stereocenters. The predicted molar refractivity (Wildman–Crippen MR) is 118 cm³/mol. The minimum atomic E-state index is -3.82. The number of amides is 1. The molecular weight excluding hydrogens is 431 g/mol. The minimum Gasteiger partial charge on any atom is -0.322 e. The molecule has 8 heteroatoms. The Labute approximate surface area is 179 Å². The van der Waals surface area contributed by atoms with E-state index in [9.17, 15) is 13.2 Å². The van der Waals surface area contributed by atoms with Gasteiger partial charge in [-0.3, -0.25) is 9.52 Å². The third kappa shape index (κ3) is 5.09. The first-order chi connectivity index (χ1) is 13.7. The van der Waals surface area contributed by atoms with E-state index in [0.29, 0.717) is 32.5 Å². The molecule has 3 rings (SSSR count). The van der Waals surface area contributed by atoms with Crippen LogP contribution in [0, 0.1) is 13.8 Å². The summed E-state index contributed by atoms with van der Waals surface area (Å²) < 4.78 is 27.8. The average Bonchev–Trinajstić information content (AvgIpc) is 2.66. The van der Waals surface area contributed by atoms with E-state index in [4.69, 9.17) is 23.2 Å². The Kier molecular flexibility index (Phi) is 6.17. The highest BCUT2D eigenvalue weighted by Crippen LogP contribution is 2.24. The summed E-state index contributed by atoms with van der Waals surface area (Å²) in [5, 5.41) is 3.75. The Hall–Kier alpha value is -2.54. The molecule has 3 aromatic rings. The van der Waals surface area contributed by atoms with Crippen molar-refractivity contribution < 1.29 is 13.2 Å². The quantitative estimate of drug-likeness (QED) is 0.528. The van der Waals surface area contributed by atoms with Crippen molar-refractivity contribution in [2.75, 3.05) is 10.0 Å². The number of benzene rings is 3.